The van der Waals surface area contributed by atoms with Gasteiger partial charge in [0.1, 0.15) is 5.82 Å². The van der Waals surface area contributed by atoms with Crippen LogP contribution in [-0.2, 0) is 21.4 Å². The molecule has 1 amide bonds. The van der Waals surface area contributed by atoms with Crippen LogP contribution in [0.3, 0.4) is 0 Å². The maximum Gasteiger partial charge on any atom is 0.259 e. The van der Waals surface area contributed by atoms with Crippen LogP contribution < -0.4 is 0 Å². The predicted octanol–water partition coefficient (Wildman–Crippen LogP) is 2.04. The number of carbonyl (C=O) groups excluding carboxylic acids is 1. The number of hydrogen-bond acceptors (Lipinski definition) is 3. The molecule has 0 aliphatic carbocycles. The molecule has 0 N–H and O–H groups in total. The van der Waals surface area contributed by atoms with E-state index >= 15 is 0 Å². The van der Waals surface area contributed by atoms with Crippen molar-refractivity contribution in [3.63, 3.8) is 0 Å². The van der Waals surface area contributed by atoms with Gasteiger partial charge in [-0.05, 0) is 26.0 Å². The van der Waals surface area contributed by atoms with Gasteiger partial charge in [0, 0.05) is 10.0 Å². The Balaban J connectivity index is 2.30. The number of amides is 1. The van der Waals surface area contributed by atoms with Gasteiger partial charge in [-0.1, -0.05) is 22.0 Å². The molecule has 0 radical (unpaired) electrons. The summed E-state index contributed by atoms with van der Waals surface area (Å²) in [6, 6.07) is 4.28. The third kappa shape index (κ3) is 1.76. The quantitative estimate of drug-likeness (QED) is 0.831. The number of halogens is 2. The van der Waals surface area contributed by atoms with E-state index in [1.165, 1.54) is 26.0 Å². The molecule has 4 nitrogen and oxygen atoms in total. The molecule has 1 aliphatic rings. The lowest BCUT2D eigenvalue weighted by Gasteiger charge is -2.43. The van der Waals surface area contributed by atoms with E-state index in [0.717, 1.165) is 0 Å². The van der Waals surface area contributed by atoms with Crippen molar-refractivity contribution in [1.82, 2.24) is 4.31 Å². The van der Waals surface area contributed by atoms with Gasteiger partial charge in [-0.2, -0.15) is 0 Å². The topological polar surface area (TPSA) is 54.5 Å². The first-order chi connectivity index (χ1) is 8.18. The summed E-state index contributed by atoms with van der Waals surface area (Å²) in [5.74, 6) is -1.05. The highest BCUT2D eigenvalue weighted by atomic mass is 79.9. The Morgan fingerprint density at radius 1 is 1.39 bits per heavy atom. The van der Waals surface area contributed by atoms with Crippen LogP contribution in [0, 0.1) is 5.82 Å². The summed E-state index contributed by atoms with van der Waals surface area (Å²) in [7, 11) is -3.67. The van der Waals surface area contributed by atoms with Gasteiger partial charge >= 0.3 is 0 Å². The Bertz CT molecular complexity index is 627. The summed E-state index contributed by atoms with van der Waals surface area (Å²) in [5, 5.41) is 0. The standard InChI is InChI=1S/C11H11BrFNO3S/c1-11(2)10(15)14(18(11,16)17)6-7-3-4-8(12)5-9(7)13/h3-5H,6H2,1-2H3. The van der Waals surface area contributed by atoms with Crippen molar-refractivity contribution >= 4 is 31.9 Å². The van der Waals surface area contributed by atoms with E-state index in [1.54, 1.807) is 6.07 Å². The van der Waals surface area contributed by atoms with Crippen molar-refractivity contribution in [2.45, 2.75) is 25.1 Å². The monoisotopic (exact) mass is 335 g/mol. The fraction of sp³-hybridized carbons (Fsp3) is 0.364. The Hall–Kier alpha value is -0.950. The number of carbonyl (C=O) groups is 1. The molecule has 0 unspecified atom stereocenters. The third-order valence-electron chi connectivity index (χ3n) is 3.01. The highest BCUT2D eigenvalue weighted by Crippen LogP contribution is 2.36. The maximum absolute atomic E-state index is 13.6. The van der Waals surface area contributed by atoms with E-state index in [2.05, 4.69) is 15.9 Å². The summed E-state index contributed by atoms with van der Waals surface area (Å²) in [5.41, 5.74) is 0.172. The van der Waals surface area contributed by atoms with Crippen LogP contribution in [0.4, 0.5) is 4.39 Å². The van der Waals surface area contributed by atoms with E-state index in [9.17, 15) is 17.6 Å². The molecule has 7 heteroatoms. The van der Waals surface area contributed by atoms with Crippen molar-refractivity contribution in [3.05, 3.63) is 34.1 Å². The summed E-state index contributed by atoms with van der Waals surface area (Å²) >= 11 is 3.11. The average molecular weight is 336 g/mol. The SMILES string of the molecule is CC1(C)C(=O)N(Cc2ccc(Br)cc2F)S1(=O)=O. The van der Waals surface area contributed by atoms with Gasteiger partial charge in [0.2, 0.25) is 0 Å². The molecule has 1 heterocycles. The van der Waals surface area contributed by atoms with Gasteiger partial charge in [-0.25, -0.2) is 17.1 Å². The summed E-state index contributed by atoms with van der Waals surface area (Å²) in [6.45, 7) is 2.43. The molecule has 18 heavy (non-hydrogen) atoms. The molecule has 1 aliphatic heterocycles. The van der Waals surface area contributed by atoms with Crippen molar-refractivity contribution in [2.24, 2.45) is 0 Å². The lowest BCUT2D eigenvalue weighted by atomic mass is 10.1. The molecule has 1 aromatic carbocycles. The highest BCUT2D eigenvalue weighted by molar-refractivity contribution is 9.10. The van der Waals surface area contributed by atoms with Gasteiger partial charge in [-0.3, -0.25) is 4.79 Å². The van der Waals surface area contributed by atoms with Gasteiger partial charge < -0.3 is 0 Å². The van der Waals surface area contributed by atoms with E-state index < -0.39 is 26.5 Å². The van der Waals surface area contributed by atoms with Crippen LogP contribution in [0.2, 0.25) is 0 Å². The molecule has 2 rings (SSSR count). The smallest absolute Gasteiger partial charge is 0.259 e. The Morgan fingerprint density at radius 3 is 2.50 bits per heavy atom. The number of benzene rings is 1. The van der Waals surface area contributed by atoms with Crippen LogP contribution in [0.5, 0.6) is 0 Å². The van der Waals surface area contributed by atoms with Gasteiger partial charge in [0.25, 0.3) is 15.9 Å². The largest absolute Gasteiger partial charge is 0.272 e. The van der Waals surface area contributed by atoms with E-state index in [4.69, 9.17) is 0 Å². The molecule has 0 aromatic heterocycles. The Morgan fingerprint density at radius 2 is 2.00 bits per heavy atom. The molecule has 0 bridgehead atoms. The summed E-state index contributed by atoms with van der Waals surface area (Å²) < 4.78 is 37.1. The van der Waals surface area contributed by atoms with Gasteiger partial charge in [0.15, 0.2) is 4.75 Å². The molecule has 0 saturated carbocycles. The average Bonchev–Trinajstić information content (AvgIpc) is 2.26. The minimum absolute atomic E-state index is 0.172. The minimum atomic E-state index is -3.67. The molecular formula is C11H11BrFNO3S. The molecule has 0 spiro atoms. The number of hydrogen-bond donors (Lipinski definition) is 0. The van der Waals surface area contributed by atoms with Gasteiger partial charge in [0.05, 0.1) is 6.54 Å². The van der Waals surface area contributed by atoms with Crippen LogP contribution >= 0.6 is 15.9 Å². The molecule has 0 atom stereocenters. The van der Waals surface area contributed by atoms with Crippen molar-refractivity contribution < 1.29 is 17.6 Å². The second-order valence-corrected chi connectivity index (χ2v) is 7.89. The number of sulfonamides is 1. The summed E-state index contributed by atoms with van der Waals surface area (Å²) in [4.78, 5) is 11.7. The second-order valence-electron chi connectivity index (χ2n) is 4.56. The first kappa shape index (κ1) is 13.5. The zero-order valence-corrected chi connectivity index (χ0v) is 12.2. The number of nitrogens with zero attached hydrogens (tertiary/aromatic N) is 1. The Labute approximate surface area is 113 Å². The Kier molecular flexibility index (Phi) is 3.02. The highest BCUT2D eigenvalue weighted by Gasteiger charge is 2.59. The first-order valence-corrected chi connectivity index (χ1v) is 7.42. The first-order valence-electron chi connectivity index (χ1n) is 5.18. The van der Waals surface area contributed by atoms with Crippen molar-refractivity contribution in [3.8, 4) is 0 Å². The lowest BCUT2D eigenvalue weighted by Crippen LogP contribution is -2.66. The van der Waals surface area contributed by atoms with Crippen LogP contribution in [-0.4, -0.2) is 23.4 Å². The van der Waals surface area contributed by atoms with Crippen LogP contribution in [0.25, 0.3) is 0 Å². The molecule has 1 fully saturated rings. The lowest BCUT2D eigenvalue weighted by molar-refractivity contribution is -0.132. The molecular weight excluding hydrogens is 325 g/mol. The van der Waals surface area contributed by atoms with Crippen molar-refractivity contribution in [1.29, 1.82) is 0 Å². The van der Waals surface area contributed by atoms with Crippen molar-refractivity contribution in [2.75, 3.05) is 0 Å². The normalized spacial score (nSPS) is 20.7. The zero-order chi connectivity index (χ0) is 13.7. The van der Waals surface area contributed by atoms with E-state index in [1.807, 2.05) is 0 Å². The molecule has 98 valence electrons. The van der Waals surface area contributed by atoms with Crippen LogP contribution in [0.1, 0.15) is 19.4 Å². The third-order valence-corrected chi connectivity index (χ3v) is 5.84. The van der Waals surface area contributed by atoms with Crippen LogP contribution in [0.15, 0.2) is 22.7 Å². The molecule has 1 saturated heterocycles. The predicted molar refractivity (Wildman–Crippen MR) is 67.6 cm³/mol. The van der Waals surface area contributed by atoms with E-state index in [-0.39, 0.29) is 12.1 Å². The van der Waals surface area contributed by atoms with E-state index in [0.29, 0.717) is 8.78 Å². The summed E-state index contributed by atoms with van der Waals surface area (Å²) in [6.07, 6.45) is 0. The maximum atomic E-state index is 13.6. The van der Waals surface area contributed by atoms with Gasteiger partial charge in [-0.15, -0.1) is 0 Å². The second kappa shape index (κ2) is 4.03. The fourth-order valence-electron chi connectivity index (χ4n) is 1.72. The molecule has 1 aromatic rings. The number of rotatable bonds is 2. The fourth-order valence-corrected chi connectivity index (χ4v) is 3.56. The minimum Gasteiger partial charge on any atom is -0.272 e. The zero-order valence-electron chi connectivity index (χ0n) is 9.78.